The van der Waals surface area contributed by atoms with Crippen molar-refractivity contribution >= 4 is 43.6 Å². The lowest BCUT2D eigenvalue weighted by Crippen LogP contribution is -2.28. The number of hydrogen-bond acceptors (Lipinski definition) is 4. The zero-order valence-corrected chi connectivity index (χ0v) is 13.1. The molecule has 0 aliphatic carbocycles. The SMILES string of the molecule is CN(c1ccccc1F)S(=O)(=O)c1c(Cl)nc2sccn12. The van der Waals surface area contributed by atoms with Gasteiger partial charge in [0, 0.05) is 18.6 Å². The Bertz CT molecular complexity index is 920. The molecule has 0 saturated carbocycles. The van der Waals surface area contributed by atoms with E-state index in [1.54, 1.807) is 17.6 Å². The van der Waals surface area contributed by atoms with Crippen LogP contribution in [0.15, 0.2) is 40.9 Å². The fourth-order valence-corrected chi connectivity index (χ4v) is 4.54. The van der Waals surface area contributed by atoms with E-state index in [2.05, 4.69) is 4.98 Å². The van der Waals surface area contributed by atoms with Crippen molar-refractivity contribution < 1.29 is 12.8 Å². The largest absolute Gasteiger partial charge is 0.283 e. The summed E-state index contributed by atoms with van der Waals surface area (Å²) < 4.78 is 41.4. The van der Waals surface area contributed by atoms with Gasteiger partial charge in [0.2, 0.25) is 0 Å². The summed E-state index contributed by atoms with van der Waals surface area (Å²) >= 11 is 7.20. The first-order valence-corrected chi connectivity index (χ1v) is 8.47. The summed E-state index contributed by atoms with van der Waals surface area (Å²) in [5.74, 6) is -0.634. The molecule has 0 unspecified atom stereocenters. The number of imidazole rings is 1. The number of fused-ring (bicyclic) bond motifs is 1. The topological polar surface area (TPSA) is 54.7 Å². The lowest BCUT2D eigenvalue weighted by Gasteiger charge is -2.19. The predicted molar refractivity (Wildman–Crippen MR) is 80.1 cm³/mol. The molecule has 5 nitrogen and oxygen atoms in total. The maximum absolute atomic E-state index is 13.8. The van der Waals surface area contributed by atoms with E-state index in [1.807, 2.05) is 0 Å². The molecular formula is C12H9ClFN3O2S2. The molecule has 3 aromatic rings. The molecule has 3 rings (SSSR count). The van der Waals surface area contributed by atoms with E-state index in [-0.39, 0.29) is 15.9 Å². The fourth-order valence-electron chi connectivity index (χ4n) is 1.94. The fraction of sp³-hybridized carbons (Fsp3) is 0.0833. The van der Waals surface area contributed by atoms with Crippen LogP contribution in [-0.2, 0) is 10.0 Å². The Morgan fingerprint density at radius 3 is 2.81 bits per heavy atom. The van der Waals surface area contributed by atoms with E-state index in [4.69, 9.17) is 11.6 Å². The van der Waals surface area contributed by atoms with Crippen LogP contribution in [0.4, 0.5) is 10.1 Å². The van der Waals surface area contributed by atoms with Crippen molar-refractivity contribution in [2.24, 2.45) is 0 Å². The van der Waals surface area contributed by atoms with Gasteiger partial charge in [0.05, 0.1) is 5.69 Å². The summed E-state index contributed by atoms with van der Waals surface area (Å²) in [6.07, 6.45) is 1.56. The van der Waals surface area contributed by atoms with E-state index >= 15 is 0 Å². The Morgan fingerprint density at radius 1 is 1.38 bits per heavy atom. The number of hydrogen-bond donors (Lipinski definition) is 0. The zero-order valence-electron chi connectivity index (χ0n) is 10.7. The van der Waals surface area contributed by atoms with Crippen LogP contribution in [0, 0.1) is 5.82 Å². The lowest BCUT2D eigenvalue weighted by atomic mass is 10.3. The van der Waals surface area contributed by atoms with Crippen LogP contribution in [0.3, 0.4) is 0 Å². The van der Waals surface area contributed by atoms with E-state index in [0.29, 0.717) is 4.96 Å². The number of halogens is 2. The molecular weight excluding hydrogens is 337 g/mol. The van der Waals surface area contributed by atoms with Crippen molar-refractivity contribution in [1.82, 2.24) is 9.38 Å². The summed E-state index contributed by atoms with van der Waals surface area (Å²) in [5, 5.41) is 1.39. The van der Waals surface area contributed by atoms with Gasteiger partial charge in [-0.05, 0) is 12.1 Å². The molecule has 0 aliphatic heterocycles. The molecule has 9 heteroatoms. The smallest absolute Gasteiger partial charge is 0.278 e. The van der Waals surface area contributed by atoms with Crippen LogP contribution in [0.1, 0.15) is 0 Å². The van der Waals surface area contributed by atoms with Gasteiger partial charge in [0.1, 0.15) is 5.82 Å². The number of aromatic nitrogens is 2. The molecule has 1 aromatic carbocycles. The van der Waals surface area contributed by atoms with Gasteiger partial charge in [-0.2, -0.15) is 8.42 Å². The Balaban J connectivity index is 2.19. The molecule has 0 fully saturated rings. The molecule has 21 heavy (non-hydrogen) atoms. The van der Waals surface area contributed by atoms with Crippen molar-refractivity contribution in [3.63, 3.8) is 0 Å². The Morgan fingerprint density at radius 2 is 2.10 bits per heavy atom. The van der Waals surface area contributed by atoms with Crippen molar-refractivity contribution in [2.45, 2.75) is 5.03 Å². The standard InChI is InChI=1S/C12H9ClFN3O2S2/c1-16(9-5-3-2-4-8(9)14)21(18,19)11-10(13)15-12-17(11)6-7-20-12/h2-7H,1H3. The number of benzene rings is 1. The van der Waals surface area contributed by atoms with Gasteiger partial charge in [-0.1, -0.05) is 23.7 Å². The molecule has 0 N–H and O–H groups in total. The first-order chi connectivity index (χ1) is 9.93. The maximum atomic E-state index is 13.8. The molecule has 0 radical (unpaired) electrons. The first kappa shape index (κ1) is 14.3. The third-order valence-corrected chi connectivity index (χ3v) is 5.90. The van der Waals surface area contributed by atoms with Crippen LogP contribution in [0.5, 0.6) is 0 Å². The Hall–Kier alpha value is -1.64. The second-order valence-corrected chi connectivity index (χ2v) is 7.30. The lowest BCUT2D eigenvalue weighted by molar-refractivity contribution is 0.585. The van der Waals surface area contributed by atoms with Crippen LogP contribution in [0.2, 0.25) is 5.15 Å². The normalized spacial score (nSPS) is 12.0. The van der Waals surface area contributed by atoms with Crippen molar-refractivity contribution in [1.29, 1.82) is 0 Å². The second kappa shape index (κ2) is 4.97. The molecule has 0 saturated heterocycles. The quantitative estimate of drug-likeness (QED) is 0.733. The first-order valence-electron chi connectivity index (χ1n) is 5.77. The molecule has 0 atom stereocenters. The molecule has 110 valence electrons. The van der Waals surface area contributed by atoms with Crippen LogP contribution in [-0.4, -0.2) is 24.9 Å². The minimum absolute atomic E-state index is 0.0567. The second-order valence-electron chi connectivity index (χ2n) is 4.19. The number of para-hydroxylation sites is 1. The third kappa shape index (κ3) is 2.19. The van der Waals surface area contributed by atoms with E-state index in [0.717, 1.165) is 4.31 Å². The van der Waals surface area contributed by atoms with Crippen molar-refractivity contribution in [2.75, 3.05) is 11.4 Å². The average molecular weight is 346 g/mol. The Kier molecular flexibility index (Phi) is 3.39. The summed E-state index contributed by atoms with van der Waals surface area (Å²) in [5.41, 5.74) is -0.0567. The minimum atomic E-state index is -4.03. The number of anilines is 1. The molecule has 0 bridgehead atoms. The third-order valence-electron chi connectivity index (χ3n) is 2.98. The maximum Gasteiger partial charge on any atom is 0.283 e. The van der Waals surface area contributed by atoms with Gasteiger partial charge in [-0.15, -0.1) is 11.3 Å². The molecule has 0 aliphatic rings. The highest BCUT2D eigenvalue weighted by atomic mass is 35.5. The van der Waals surface area contributed by atoms with Crippen LogP contribution >= 0.6 is 22.9 Å². The highest BCUT2D eigenvalue weighted by Crippen LogP contribution is 2.30. The van der Waals surface area contributed by atoms with Crippen molar-refractivity contribution in [3.8, 4) is 0 Å². The summed E-state index contributed by atoms with van der Waals surface area (Å²) in [6, 6.07) is 5.62. The number of sulfonamides is 1. The van der Waals surface area contributed by atoms with Gasteiger partial charge in [-0.3, -0.25) is 8.71 Å². The predicted octanol–water partition coefficient (Wildman–Crippen LogP) is 3.01. The van der Waals surface area contributed by atoms with E-state index in [1.165, 1.54) is 41.0 Å². The average Bonchev–Trinajstić information content (AvgIpc) is 2.97. The molecule has 2 heterocycles. The summed E-state index contributed by atoms with van der Waals surface area (Å²) in [6.45, 7) is 0. The van der Waals surface area contributed by atoms with Gasteiger partial charge >= 0.3 is 0 Å². The minimum Gasteiger partial charge on any atom is -0.278 e. The molecule has 0 spiro atoms. The Labute approximate surface area is 129 Å². The van der Waals surface area contributed by atoms with Crippen molar-refractivity contribution in [3.05, 3.63) is 46.8 Å². The van der Waals surface area contributed by atoms with Gasteiger partial charge in [0.15, 0.2) is 15.1 Å². The zero-order chi connectivity index (χ0) is 15.2. The van der Waals surface area contributed by atoms with Crippen LogP contribution < -0.4 is 4.31 Å². The van der Waals surface area contributed by atoms with E-state index in [9.17, 15) is 12.8 Å². The highest BCUT2D eigenvalue weighted by molar-refractivity contribution is 7.92. The number of nitrogens with zero attached hydrogens (tertiary/aromatic N) is 3. The van der Waals surface area contributed by atoms with E-state index < -0.39 is 15.8 Å². The van der Waals surface area contributed by atoms with Gasteiger partial charge < -0.3 is 0 Å². The number of thiazole rings is 1. The highest BCUT2D eigenvalue weighted by Gasteiger charge is 2.30. The monoisotopic (exact) mass is 345 g/mol. The molecule has 2 aromatic heterocycles. The van der Waals surface area contributed by atoms with Gasteiger partial charge in [0.25, 0.3) is 10.0 Å². The summed E-state index contributed by atoms with van der Waals surface area (Å²) in [7, 11) is -2.76. The number of rotatable bonds is 3. The summed E-state index contributed by atoms with van der Waals surface area (Å²) in [4.78, 5) is 4.44. The molecule has 0 amide bonds. The van der Waals surface area contributed by atoms with Gasteiger partial charge in [-0.25, -0.2) is 9.37 Å². The van der Waals surface area contributed by atoms with Crippen LogP contribution in [0.25, 0.3) is 4.96 Å².